The number of Topliss-reactive ketones (excluding diaryl/α,β-unsaturated/α-hetero) is 1. The lowest BCUT2D eigenvalue weighted by molar-refractivity contribution is -0.306. The van der Waals surface area contributed by atoms with Crippen molar-refractivity contribution in [2.75, 3.05) is 0 Å². The molecule has 58 valence electrons. The molecule has 0 saturated heterocycles. The Hall–Kier alpha value is -0.130. The van der Waals surface area contributed by atoms with Crippen LogP contribution in [0.1, 0.15) is 20.3 Å². The van der Waals surface area contributed by atoms with Crippen molar-refractivity contribution in [2.45, 2.75) is 23.7 Å². The van der Waals surface area contributed by atoms with Gasteiger partial charge in [-0.15, -0.1) is 0 Å². The van der Waals surface area contributed by atoms with Crippen LogP contribution in [0.3, 0.4) is 0 Å². The lowest BCUT2D eigenvalue weighted by Gasteiger charge is -2.20. The van der Waals surface area contributed by atoms with Gasteiger partial charge in [-0.05, 0) is 6.92 Å². The zero-order valence-electron chi connectivity index (χ0n) is 5.81. The summed E-state index contributed by atoms with van der Waals surface area (Å²) in [5.41, 5.74) is 0. The van der Waals surface area contributed by atoms with E-state index in [2.05, 4.69) is 0 Å². The van der Waals surface area contributed by atoms with Gasteiger partial charge in [0.15, 0.2) is 5.78 Å². The largest absolute Gasteiger partial charge is 0.548 e. The van der Waals surface area contributed by atoms with Crippen molar-refractivity contribution in [1.29, 1.82) is 0 Å². The molecule has 0 aromatic heterocycles. The van der Waals surface area contributed by atoms with Crippen LogP contribution in [-0.2, 0) is 9.59 Å². The van der Waals surface area contributed by atoms with E-state index in [9.17, 15) is 14.7 Å². The van der Waals surface area contributed by atoms with E-state index in [0.717, 1.165) is 0 Å². The standard InChI is InChI=1S/C6H9IO3/c1-3-4(8)6(2,7)5(9)10/h3H2,1-2H3,(H,9,10)/p-1. The van der Waals surface area contributed by atoms with E-state index in [-0.39, 0.29) is 12.2 Å². The van der Waals surface area contributed by atoms with Gasteiger partial charge < -0.3 is 9.90 Å². The van der Waals surface area contributed by atoms with Gasteiger partial charge in [0.25, 0.3) is 0 Å². The molecule has 0 aromatic carbocycles. The Morgan fingerprint density at radius 1 is 1.60 bits per heavy atom. The molecular weight excluding hydrogens is 247 g/mol. The van der Waals surface area contributed by atoms with Gasteiger partial charge in [0.2, 0.25) is 0 Å². The number of ketones is 1. The monoisotopic (exact) mass is 255 g/mol. The number of carbonyl (C=O) groups is 2. The number of alkyl halides is 1. The van der Waals surface area contributed by atoms with Crippen LogP contribution in [0.2, 0.25) is 0 Å². The molecule has 0 aromatic rings. The number of hydrogen-bond donors (Lipinski definition) is 0. The Morgan fingerprint density at radius 3 is 2.10 bits per heavy atom. The minimum Gasteiger partial charge on any atom is -0.548 e. The fourth-order valence-corrected chi connectivity index (χ4v) is 0.827. The molecule has 3 nitrogen and oxygen atoms in total. The lowest BCUT2D eigenvalue weighted by Crippen LogP contribution is -2.46. The predicted molar refractivity (Wildman–Crippen MR) is 42.7 cm³/mol. The molecule has 0 rings (SSSR count). The summed E-state index contributed by atoms with van der Waals surface area (Å²) in [5, 5.41) is 10.3. The summed E-state index contributed by atoms with van der Waals surface area (Å²) in [6.45, 7) is 2.97. The van der Waals surface area contributed by atoms with Crippen molar-refractivity contribution in [3.05, 3.63) is 0 Å². The minimum absolute atomic E-state index is 0.230. The minimum atomic E-state index is -1.35. The molecule has 1 unspecified atom stereocenters. The molecule has 0 spiro atoms. The zero-order chi connectivity index (χ0) is 8.36. The number of carbonyl (C=O) groups excluding carboxylic acids is 2. The topological polar surface area (TPSA) is 57.2 Å². The van der Waals surface area contributed by atoms with Crippen LogP contribution in [0.15, 0.2) is 0 Å². The highest BCUT2D eigenvalue weighted by Crippen LogP contribution is 2.19. The van der Waals surface area contributed by atoms with Crippen LogP contribution >= 0.6 is 22.6 Å². The Balaban J connectivity index is 4.40. The smallest absolute Gasteiger partial charge is 0.153 e. The first-order valence-corrected chi connectivity index (χ1v) is 3.94. The van der Waals surface area contributed by atoms with Gasteiger partial charge in [0, 0.05) is 6.42 Å². The summed E-state index contributed by atoms with van der Waals surface area (Å²) in [6, 6.07) is 0. The number of carboxylic acid groups (broad SMARTS) is 1. The summed E-state index contributed by atoms with van der Waals surface area (Å²) in [7, 11) is 0. The molecule has 0 aliphatic heterocycles. The van der Waals surface area contributed by atoms with Crippen molar-refractivity contribution in [3.8, 4) is 0 Å². The second kappa shape index (κ2) is 3.32. The quantitative estimate of drug-likeness (QED) is 0.402. The Bertz CT molecular complexity index is 162. The van der Waals surface area contributed by atoms with Gasteiger partial charge >= 0.3 is 0 Å². The molecule has 0 radical (unpaired) electrons. The molecule has 4 heteroatoms. The Morgan fingerprint density at radius 2 is 2.00 bits per heavy atom. The Labute approximate surface area is 72.9 Å². The Kier molecular flexibility index (Phi) is 3.27. The van der Waals surface area contributed by atoms with Crippen molar-refractivity contribution in [2.24, 2.45) is 0 Å². The highest BCUT2D eigenvalue weighted by atomic mass is 127. The molecule has 0 aliphatic rings. The van der Waals surface area contributed by atoms with Crippen LogP contribution in [0, 0.1) is 0 Å². The first kappa shape index (κ1) is 9.87. The molecule has 0 aliphatic carbocycles. The van der Waals surface area contributed by atoms with E-state index < -0.39 is 9.39 Å². The van der Waals surface area contributed by atoms with Crippen molar-refractivity contribution in [3.63, 3.8) is 0 Å². The van der Waals surface area contributed by atoms with Gasteiger partial charge in [-0.2, -0.15) is 0 Å². The highest BCUT2D eigenvalue weighted by Gasteiger charge is 2.29. The van der Waals surface area contributed by atoms with E-state index in [1.807, 2.05) is 0 Å². The average molecular weight is 255 g/mol. The third-order valence-corrected chi connectivity index (χ3v) is 2.27. The molecule has 0 bridgehead atoms. The highest BCUT2D eigenvalue weighted by molar-refractivity contribution is 14.1. The van der Waals surface area contributed by atoms with Crippen LogP contribution in [0.25, 0.3) is 0 Å². The SMILES string of the molecule is CCC(=O)C(C)(I)C(=O)[O-]. The van der Waals surface area contributed by atoms with E-state index in [0.29, 0.717) is 0 Å². The summed E-state index contributed by atoms with van der Waals surface area (Å²) < 4.78 is -1.35. The van der Waals surface area contributed by atoms with Crippen molar-refractivity contribution < 1.29 is 14.7 Å². The van der Waals surface area contributed by atoms with E-state index in [1.54, 1.807) is 29.5 Å². The summed E-state index contributed by atoms with van der Waals surface area (Å²) >= 11 is 1.58. The number of hydrogen-bond acceptors (Lipinski definition) is 3. The maximum atomic E-state index is 10.8. The molecule has 0 heterocycles. The van der Waals surface area contributed by atoms with Crippen molar-refractivity contribution >= 4 is 34.3 Å². The fourth-order valence-electron chi connectivity index (χ4n) is 0.446. The van der Waals surface area contributed by atoms with Gasteiger partial charge in [-0.3, -0.25) is 4.79 Å². The normalized spacial score (nSPS) is 15.9. The predicted octanol–water partition coefficient (Wildman–Crippen LogP) is -0.0909. The fraction of sp³-hybridized carbons (Fsp3) is 0.667. The zero-order valence-corrected chi connectivity index (χ0v) is 7.97. The molecule has 0 saturated carbocycles. The first-order chi connectivity index (χ1) is 4.42. The summed E-state index contributed by atoms with van der Waals surface area (Å²) in [6.07, 6.45) is 0.230. The van der Waals surface area contributed by atoms with E-state index in [1.165, 1.54) is 6.92 Å². The number of halogens is 1. The molecule has 1 atom stereocenters. The maximum absolute atomic E-state index is 10.8. The van der Waals surface area contributed by atoms with Gasteiger partial charge in [0.05, 0.1) is 5.97 Å². The average Bonchev–Trinajstić information content (AvgIpc) is 1.86. The third-order valence-electron chi connectivity index (χ3n) is 1.23. The van der Waals surface area contributed by atoms with Gasteiger partial charge in [-0.25, -0.2) is 0 Å². The third kappa shape index (κ3) is 1.93. The second-order valence-corrected chi connectivity index (χ2v) is 4.22. The van der Waals surface area contributed by atoms with Crippen LogP contribution < -0.4 is 5.11 Å². The molecular formula is C6H8IO3-. The number of rotatable bonds is 3. The number of aliphatic carboxylic acids is 1. The van der Waals surface area contributed by atoms with Crippen LogP contribution in [-0.4, -0.2) is 15.2 Å². The molecule has 0 fully saturated rings. The molecule has 0 amide bonds. The van der Waals surface area contributed by atoms with E-state index in [4.69, 9.17) is 0 Å². The van der Waals surface area contributed by atoms with Gasteiger partial charge in [0.1, 0.15) is 3.42 Å². The summed E-state index contributed by atoms with van der Waals surface area (Å²) in [4.78, 5) is 21.1. The number of carboxylic acids is 1. The van der Waals surface area contributed by atoms with Crippen LogP contribution in [0.4, 0.5) is 0 Å². The van der Waals surface area contributed by atoms with Crippen molar-refractivity contribution in [1.82, 2.24) is 0 Å². The van der Waals surface area contributed by atoms with Gasteiger partial charge in [-0.1, -0.05) is 29.5 Å². The first-order valence-electron chi connectivity index (χ1n) is 2.86. The summed E-state index contributed by atoms with van der Waals surface area (Å²) in [5.74, 6) is -1.63. The maximum Gasteiger partial charge on any atom is 0.153 e. The molecule has 10 heavy (non-hydrogen) atoms. The lowest BCUT2D eigenvalue weighted by atomic mass is 10.1. The second-order valence-electron chi connectivity index (χ2n) is 2.07. The van der Waals surface area contributed by atoms with Crippen LogP contribution in [0.5, 0.6) is 0 Å². The molecule has 0 N–H and O–H groups in total. The van der Waals surface area contributed by atoms with E-state index >= 15 is 0 Å².